The minimum Gasteiger partial charge on any atom is -0.212 e. The van der Waals surface area contributed by atoms with Gasteiger partial charge < -0.3 is 0 Å². The quantitative estimate of drug-likeness (QED) is 0.608. The molecule has 1 aromatic carbocycles. The maximum atomic E-state index is 12.8. The molecule has 0 aliphatic carbocycles. The Labute approximate surface area is 97.7 Å². The molecule has 0 saturated carbocycles. The van der Waals surface area contributed by atoms with E-state index in [0.717, 1.165) is 12.1 Å². The first kappa shape index (κ1) is 13.4. The molecule has 0 bridgehead atoms. The van der Waals surface area contributed by atoms with Crippen LogP contribution in [0, 0.1) is 11.6 Å². The van der Waals surface area contributed by atoms with Gasteiger partial charge >= 0.3 is 0 Å². The summed E-state index contributed by atoms with van der Waals surface area (Å²) in [4.78, 5) is 0. The van der Waals surface area contributed by atoms with Crippen molar-refractivity contribution in [1.82, 2.24) is 0 Å². The first-order valence-corrected chi connectivity index (χ1v) is 7.22. The number of rotatable bonds is 5. The standard InChI is InChI=1S/C10H11ClF2O2S/c11-16(14,15)6-2-1-3-8-4-5-9(12)10(13)7-8/h4-5,7H,1-3,6H2. The number of benzene rings is 1. The monoisotopic (exact) mass is 268 g/mol. The molecule has 0 saturated heterocycles. The van der Waals surface area contributed by atoms with Gasteiger partial charge in [0.05, 0.1) is 5.75 Å². The average molecular weight is 269 g/mol. The molecule has 0 heterocycles. The Kier molecular flexibility index (Phi) is 4.68. The third-order valence-corrected chi connectivity index (χ3v) is 3.33. The number of hydrogen-bond acceptors (Lipinski definition) is 2. The molecule has 0 unspecified atom stereocenters. The van der Waals surface area contributed by atoms with E-state index in [1.807, 2.05) is 0 Å². The Hall–Kier alpha value is -0.680. The third-order valence-electron chi connectivity index (χ3n) is 2.09. The Morgan fingerprint density at radius 1 is 1.12 bits per heavy atom. The van der Waals surface area contributed by atoms with Crippen molar-refractivity contribution in [2.24, 2.45) is 0 Å². The van der Waals surface area contributed by atoms with Crippen LogP contribution < -0.4 is 0 Å². The van der Waals surface area contributed by atoms with E-state index in [9.17, 15) is 17.2 Å². The minimum atomic E-state index is -3.46. The highest BCUT2D eigenvalue weighted by Crippen LogP contribution is 2.12. The number of halogens is 3. The number of aryl methyl sites for hydroxylation is 1. The molecule has 6 heteroatoms. The molecule has 0 radical (unpaired) electrons. The van der Waals surface area contributed by atoms with Gasteiger partial charge in [-0.15, -0.1) is 0 Å². The van der Waals surface area contributed by atoms with Gasteiger partial charge in [-0.25, -0.2) is 17.2 Å². The molecule has 90 valence electrons. The lowest BCUT2D eigenvalue weighted by Gasteiger charge is -2.01. The summed E-state index contributed by atoms with van der Waals surface area (Å²) in [5.41, 5.74) is 0.644. The minimum absolute atomic E-state index is 0.0990. The number of unbranched alkanes of at least 4 members (excludes halogenated alkanes) is 1. The summed E-state index contributed by atoms with van der Waals surface area (Å²) in [6.07, 6.45) is 1.48. The van der Waals surface area contributed by atoms with Gasteiger partial charge in [0.15, 0.2) is 11.6 Å². The summed E-state index contributed by atoms with van der Waals surface area (Å²) in [6, 6.07) is 3.65. The highest BCUT2D eigenvalue weighted by Gasteiger charge is 2.05. The van der Waals surface area contributed by atoms with Gasteiger partial charge in [0.1, 0.15) is 0 Å². The summed E-state index contributed by atoms with van der Waals surface area (Å²) in [5, 5.41) is 0. The molecule has 16 heavy (non-hydrogen) atoms. The maximum Gasteiger partial charge on any atom is 0.232 e. The van der Waals surface area contributed by atoms with Crippen LogP contribution >= 0.6 is 10.7 Å². The summed E-state index contributed by atoms with van der Waals surface area (Å²) >= 11 is 0. The summed E-state index contributed by atoms with van der Waals surface area (Å²) in [7, 11) is 1.57. The van der Waals surface area contributed by atoms with Crippen molar-refractivity contribution in [3.05, 3.63) is 35.4 Å². The van der Waals surface area contributed by atoms with E-state index in [1.165, 1.54) is 6.07 Å². The predicted octanol–water partition coefficient (Wildman–Crippen LogP) is 2.86. The van der Waals surface area contributed by atoms with Crippen LogP contribution in [0.3, 0.4) is 0 Å². The van der Waals surface area contributed by atoms with Gasteiger partial charge in [0, 0.05) is 10.7 Å². The second kappa shape index (κ2) is 5.59. The second-order valence-electron chi connectivity index (χ2n) is 3.45. The van der Waals surface area contributed by atoms with Crippen molar-refractivity contribution < 1.29 is 17.2 Å². The molecule has 0 atom stereocenters. The van der Waals surface area contributed by atoms with Crippen molar-refractivity contribution in [2.75, 3.05) is 5.75 Å². The van der Waals surface area contributed by atoms with Crippen LogP contribution in [0.4, 0.5) is 8.78 Å². The number of hydrogen-bond donors (Lipinski definition) is 0. The van der Waals surface area contributed by atoms with Gasteiger partial charge in [0.25, 0.3) is 0 Å². The SMILES string of the molecule is O=S(=O)(Cl)CCCCc1ccc(F)c(F)c1. The Balaban J connectivity index is 2.41. The lowest BCUT2D eigenvalue weighted by atomic mass is 10.1. The van der Waals surface area contributed by atoms with Crippen molar-refractivity contribution in [3.63, 3.8) is 0 Å². The van der Waals surface area contributed by atoms with Crippen LogP contribution in [0.25, 0.3) is 0 Å². The highest BCUT2D eigenvalue weighted by atomic mass is 35.7. The normalized spacial score (nSPS) is 11.7. The second-order valence-corrected chi connectivity index (χ2v) is 6.35. The molecule has 0 aliphatic heterocycles. The smallest absolute Gasteiger partial charge is 0.212 e. The topological polar surface area (TPSA) is 34.1 Å². The molecular weight excluding hydrogens is 258 g/mol. The van der Waals surface area contributed by atoms with Crippen molar-refractivity contribution in [1.29, 1.82) is 0 Å². The molecule has 0 amide bonds. The van der Waals surface area contributed by atoms with Crippen LogP contribution in [0.15, 0.2) is 18.2 Å². The summed E-state index contributed by atoms with van der Waals surface area (Å²) in [5.74, 6) is -1.87. The Bertz CT molecular complexity index is 460. The van der Waals surface area contributed by atoms with E-state index in [2.05, 4.69) is 0 Å². The summed E-state index contributed by atoms with van der Waals surface area (Å²) in [6.45, 7) is 0. The van der Waals surface area contributed by atoms with Gasteiger partial charge in [-0.2, -0.15) is 0 Å². The molecule has 0 aliphatic rings. The van der Waals surface area contributed by atoms with E-state index >= 15 is 0 Å². The molecule has 0 spiro atoms. The molecular formula is C10H11ClF2O2S. The van der Waals surface area contributed by atoms with Crippen LogP contribution in [-0.2, 0) is 15.5 Å². The fourth-order valence-electron chi connectivity index (χ4n) is 1.30. The Morgan fingerprint density at radius 2 is 1.81 bits per heavy atom. The van der Waals surface area contributed by atoms with Gasteiger partial charge in [-0.3, -0.25) is 0 Å². The van der Waals surface area contributed by atoms with Crippen molar-refractivity contribution in [3.8, 4) is 0 Å². The molecule has 0 N–H and O–H groups in total. The van der Waals surface area contributed by atoms with E-state index in [-0.39, 0.29) is 5.75 Å². The zero-order chi connectivity index (χ0) is 12.2. The van der Waals surface area contributed by atoms with Crippen molar-refractivity contribution >= 4 is 19.7 Å². The molecule has 1 rings (SSSR count). The van der Waals surface area contributed by atoms with Crippen LogP contribution in [-0.4, -0.2) is 14.2 Å². The lowest BCUT2D eigenvalue weighted by molar-refractivity contribution is 0.506. The molecule has 2 nitrogen and oxygen atoms in total. The van der Waals surface area contributed by atoms with Crippen LogP contribution in [0.2, 0.25) is 0 Å². The van der Waals surface area contributed by atoms with E-state index in [0.29, 0.717) is 24.8 Å². The Morgan fingerprint density at radius 3 is 2.38 bits per heavy atom. The van der Waals surface area contributed by atoms with Gasteiger partial charge in [-0.05, 0) is 37.0 Å². The van der Waals surface area contributed by atoms with Gasteiger partial charge in [0.2, 0.25) is 9.05 Å². The molecule has 0 fully saturated rings. The largest absolute Gasteiger partial charge is 0.232 e. The van der Waals surface area contributed by atoms with E-state index < -0.39 is 20.7 Å². The fraction of sp³-hybridized carbons (Fsp3) is 0.400. The van der Waals surface area contributed by atoms with E-state index in [1.54, 1.807) is 0 Å². The third kappa shape index (κ3) is 4.90. The maximum absolute atomic E-state index is 12.8. The highest BCUT2D eigenvalue weighted by molar-refractivity contribution is 8.13. The fourth-order valence-corrected chi connectivity index (χ4v) is 2.17. The molecule has 1 aromatic rings. The average Bonchev–Trinajstić information content (AvgIpc) is 2.17. The first-order chi connectivity index (χ1) is 7.38. The van der Waals surface area contributed by atoms with Crippen LogP contribution in [0.5, 0.6) is 0 Å². The zero-order valence-electron chi connectivity index (χ0n) is 8.42. The van der Waals surface area contributed by atoms with E-state index in [4.69, 9.17) is 10.7 Å². The van der Waals surface area contributed by atoms with Crippen LogP contribution in [0.1, 0.15) is 18.4 Å². The van der Waals surface area contributed by atoms with Crippen molar-refractivity contribution in [2.45, 2.75) is 19.3 Å². The zero-order valence-corrected chi connectivity index (χ0v) is 9.99. The molecule has 0 aromatic heterocycles. The summed E-state index contributed by atoms with van der Waals surface area (Å²) < 4.78 is 46.6. The first-order valence-electron chi connectivity index (χ1n) is 4.75. The predicted molar refractivity (Wildman–Crippen MR) is 58.9 cm³/mol. The van der Waals surface area contributed by atoms with Gasteiger partial charge in [-0.1, -0.05) is 6.07 Å². The lowest BCUT2D eigenvalue weighted by Crippen LogP contribution is -1.98.